The van der Waals surface area contributed by atoms with Crippen LogP contribution in [0, 0.1) is 6.92 Å². The number of hydrogen-bond donors (Lipinski definition) is 2. The molecule has 0 amide bonds. The summed E-state index contributed by atoms with van der Waals surface area (Å²) in [5.41, 5.74) is 7.87. The number of fused-ring (bicyclic) bond motifs is 1. The van der Waals surface area contributed by atoms with E-state index < -0.39 is 5.60 Å². The van der Waals surface area contributed by atoms with Crippen molar-refractivity contribution in [3.63, 3.8) is 0 Å². The Morgan fingerprint density at radius 2 is 2.18 bits per heavy atom. The summed E-state index contributed by atoms with van der Waals surface area (Å²) in [6.45, 7) is 4.01. The number of nitrogens with two attached hydrogens (primary N) is 1. The molecule has 0 saturated carbocycles. The number of aromatic nitrogens is 2. The molecule has 1 atom stereocenters. The molecule has 1 heterocycles. The van der Waals surface area contributed by atoms with Crippen molar-refractivity contribution in [1.29, 1.82) is 0 Å². The maximum Gasteiger partial charge on any atom is 0.112 e. The van der Waals surface area contributed by atoms with Gasteiger partial charge in [-0.25, -0.2) is 4.98 Å². The molecule has 0 fully saturated rings. The van der Waals surface area contributed by atoms with Gasteiger partial charge in [0.1, 0.15) is 5.82 Å². The van der Waals surface area contributed by atoms with E-state index in [9.17, 15) is 5.11 Å². The van der Waals surface area contributed by atoms with Crippen molar-refractivity contribution < 1.29 is 5.11 Å². The highest BCUT2D eigenvalue weighted by molar-refractivity contribution is 5.76. The Kier molecular flexibility index (Phi) is 2.93. The van der Waals surface area contributed by atoms with Crippen LogP contribution in [0.25, 0.3) is 11.0 Å². The third-order valence-electron chi connectivity index (χ3n) is 3.11. The molecule has 0 saturated heterocycles. The SMILES string of the molecule is Cc1ccc2c(c1)nc(CC(C)(O)CN)n2C. The molecule has 0 bridgehead atoms. The lowest BCUT2D eigenvalue weighted by Crippen LogP contribution is -2.37. The van der Waals surface area contributed by atoms with Gasteiger partial charge in [-0.15, -0.1) is 0 Å². The maximum atomic E-state index is 10.0. The summed E-state index contributed by atoms with van der Waals surface area (Å²) < 4.78 is 2.01. The molecular weight excluding hydrogens is 214 g/mol. The first-order valence-electron chi connectivity index (χ1n) is 5.77. The molecule has 2 rings (SSSR count). The zero-order valence-corrected chi connectivity index (χ0v) is 10.6. The zero-order valence-electron chi connectivity index (χ0n) is 10.6. The summed E-state index contributed by atoms with van der Waals surface area (Å²) >= 11 is 0. The quantitative estimate of drug-likeness (QED) is 0.835. The van der Waals surface area contributed by atoms with Crippen LogP contribution in [0.5, 0.6) is 0 Å². The van der Waals surface area contributed by atoms with Gasteiger partial charge in [-0.1, -0.05) is 6.07 Å². The van der Waals surface area contributed by atoms with E-state index in [1.807, 2.05) is 18.5 Å². The first-order valence-corrected chi connectivity index (χ1v) is 5.77. The van der Waals surface area contributed by atoms with Crippen LogP contribution in [-0.2, 0) is 13.5 Å². The lowest BCUT2D eigenvalue weighted by atomic mass is 10.0. The zero-order chi connectivity index (χ0) is 12.6. The molecular formula is C13H19N3O. The maximum absolute atomic E-state index is 10.0. The van der Waals surface area contributed by atoms with Crippen molar-refractivity contribution in [2.75, 3.05) is 6.54 Å². The highest BCUT2D eigenvalue weighted by Gasteiger charge is 2.22. The fourth-order valence-electron chi connectivity index (χ4n) is 1.93. The van der Waals surface area contributed by atoms with E-state index in [1.165, 1.54) is 5.56 Å². The van der Waals surface area contributed by atoms with Crippen LogP contribution >= 0.6 is 0 Å². The number of nitrogens with zero attached hydrogens (tertiary/aromatic N) is 2. The van der Waals surface area contributed by atoms with Crippen molar-refractivity contribution in [3.05, 3.63) is 29.6 Å². The van der Waals surface area contributed by atoms with Gasteiger partial charge in [0.15, 0.2) is 0 Å². The lowest BCUT2D eigenvalue weighted by molar-refractivity contribution is 0.0670. The van der Waals surface area contributed by atoms with Crippen LogP contribution in [0.2, 0.25) is 0 Å². The molecule has 0 radical (unpaired) electrons. The normalized spacial score (nSPS) is 15.1. The highest BCUT2D eigenvalue weighted by atomic mass is 16.3. The van der Waals surface area contributed by atoms with E-state index in [-0.39, 0.29) is 6.54 Å². The second-order valence-corrected chi connectivity index (χ2v) is 4.96. The van der Waals surface area contributed by atoms with Crippen LogP contribution in [0.4, 0.5) is 0 Å². The van der Waals surface area contributed by atoms with Crippen LogP contribution in [0.15, 0.2) is 18.2 Å². The van der Waals surface area contributed by atoms with Gasteiger partial charge >= 0.3 is 0 Å². The van der Waals surface area contributed by atoms with Gasteiger partial charge in [-0.05, 0) is 31.5 Å². The highest BCUT2D eigenvalue weighted by Crippen LogP contribution is 2.19. The Hall–Kier alpha value is -1.39. The minimum Gasteiger partial charge on any atom is -0.388 e. The van der Waals surface area contributed by atoms with Crippen LogP contribution in [-0.4, -0.2) is 26.8 Å². The molecule has 3 N–H and O–H groups in total. The average molecular weight is 233 g/mol. The molecule has 1 unspecified atom stereocenters. The smallest absolute Gasteiger partial charge is 0.112 e. The van der Waals surface area contributed by atoms with Gasteiger partial charge in [0.25, 0.3) is 0 Å². The molecule has 0 aliphatic heterocycles. The van der Waals surface area contributed by atoms with Gasteiger partial charge < -0.3 is 15.4 Å². The summed E-state index contributed by atoms with van der Waals surface area (Å²) in [7, 11) is 1.96. The molecule has 17 heavy (non-hydrogen) atoms. The monoisotopic (exact) mass is 233 g/mol. The van der Waals surface area contributed by atoms with Crippen molar-refractivity contribution >= 4 is 11.0 Å². The Balaban J connectivity index is 2.45. The molecule has 0 aliphatic rings. The molecule has 4 heteroatoms. The van der Waals surface area contributed by atoms with E-state index in [0.29, 0.717) is 6.42 Å². The van der Waals surface area contributed by atoms with Crippen molar-refractivity contribution in [3.8, 4) is 0 Å². The summed E-state index contributed by atoms with van der Waals surface area (Å²) in [5.74, 6) is 0.862. The van der Waals surface area contributed by atoms with E-state index in [1.54, 1.807) is 6.92 Å². The predicted octanol–water partition coefficient (Wildman–Crippen LogP) is 1.13. The molecule has 0 aliphatic carbocycles. The summed E-state index contributed by atoms with van der Waals surface area (Å²) in [6.07, 6.45) is 0.466. The van der Waals surface area contributed by atoms with Crippen molar-refractivity contribution in [2.45, 2.75) is 25.9 Å². The van der Waals surface area contributed by atoms with Gasteiger partial charge in [-0.2, -0.15) is 0 Å². The Bertz CT molecular complexity index is 543. The Morgan fingerprint density at radius 1 is 1.47 bits per heavy atom. The van der Waals surface area contributed by atoms with Crippen LogP contribution in [0.1, 0.15) is 18.3 Å². The van der Waals surface area contributed by atoms with Crippen LogP contribution in [0.3, 0.4) is 0 Å². The first-order chi connectivity index (χ1) is 7.93. The van der Waals surface area contributed by atoms with Gasteiger partial charge in [0.2, 0.25) is 0 Å². The van der Waals surface area contributed by atoms with E-state index in [4.69, 9.17) is 5.73 Å². The standard InChI is InChI=1S/C13H19N3O/c1-9-4-5-11-10(6-9)15-12(16(11)3)7-13(2,17)8-14/h4-6,17H,7-8,14H2,1-3H3. The Morgan fingerprint density at radius 3 is 2.82 bits per heavy atom. The van der Waals surface area contributed by atoms with Gasteiger partial charge in [0.05, 0.1) is 16.6 Å². The topological polar surface area (TPSA) is 64.1 Å². The molecule has 4 nitrogen and oxygen atoms in total. The fourth-order valence-corrected chi connectivity index (χ4v) is 1.93. The summed E-state index contributed by atoms with van der Waals surface area (Å²) in [4.78, 5) is 4.55. The molecule has 0 spiro atoms. The second-order valence-electron chi connectivity index (χ2n) is 4.96. The third-order valence-corrected chi connectivity index (χ3v) is 3.11. The van der Waals surface area contributed by atoms with Crippen LogP contribution < -0.4 is 5.73 Å². The number of aryl methyl sites for hydroxylation is 2. The average Bonchev–Trinajstić information content (AvgIpc) is 2.55. The molecule has 1 aromatic heterocycles. The number of aliphatic hydroxyl groups is 1. The third kappa shape index (κ3) is 2.33. The molecule has 2 aromatic rings. The van der Waals surface area contributed by atoms with E-state index >= 15 is 0 Å². The van der Waals surface area contributed by atoms with Gasteiger partial charge in [-0.3, -0.25) is 0 Å². The van der Waals surface area contributed by atoms with Crippen molar-refractivity contribution in [1.82, 2.24) is 9.55 Å². The van der Waals surface area contributed by atoms with E-state index in [2.05, 4.69) is 23.2 Å². The first kappa shape index (κ1) is 12.1. The molecule has 92 valence electrons. The number of rotatable bonds is 3. The lowest BCUT2D eigenvalue weighted by Gasteiger charge is -2.20. The second kappa shape index (κ2) is 4.13. The molecule has 1 aromatic carbocycles. The van der Waals surface area contributed by atoms with Crippen molar-refractivity contribution in [2.24, 2.45) is 12.8 Å². The Labute approximate surface area is 101 Å². The fraction of sp³-hybridized carbons (Fsp3) is 0.462. The number of benzene rings is 1. The minimum atomic E-state index is -0.899. The van der Waals surface area contributed by atoms with E-state index in [0.717, 1.165) is 16.9 Å². The summed E-state index contributed by atoms with van der Waals surface area (Å²) in [5, 5.41) is 10.0. The summed E-state index contributed by atoms with van der Waals surface area (Å²) in [6, 6.07) is 6.17. The minimum absolute atomic E-state index is 0.231. The van der Waals surface area contributed by atoms with Gasteiger partial charge in [0, 0.05) is 20.0 Å². The predicted molar refractivity (Wildman–Crippen MR) is 68.8 cm³/mol. The number of hydrogen-bond acceptors (Lipinski definition) is 3. The largest absolute Gasteiger partial charge is 0.388 e. The number of imidazole rings is 1.